The Kier molecular flexibility index (Phi) is 5.39. The highest BCUT2D eigenvalue weighted by Crippen LogP contribution is 2.27. The zero-order chi connectivity index (χ0) is 17.9. The predicted molar refractivity (Wildman–Crippen MR) is 97.4 cm³/mol. The van der Waals surface area contributed by atoms with Gasteiger partial charge >= 0.3 is 0 Å². The topological polar surface area (TPSA) is 62.3 Å². The van der Waals surface area contributed by atoms with Crippen molar-refractivity contribution in [3.63, 3.8) is 0 Å². The first-order valence-electron chi connectivity index (χ1n) is 7.75. The standard InChI is InChI=1S/C18H23N3O2S/c1-12(22)21(5)11-13-7-6-8-14(9-13)20-16(23)15-10-19-17(24-15)18(2,3)4/h6-10H,11H2,1-5H3,(H,20,23). The van der Waals surface area contributed by atoms with E-state index in [0.29, 0.717) is 17.1 Å². The zero-order valence-corrected chi connectivity index (χ0v) is 15.5. The fourth-order valence-electron chi connectivity index (χ4n) is 2.05. The van der Waals surface area contributed by atoms with Crippen LogP contribution < -0.4 is 5.32 Å². The van der Waals surface area contributed by atoms with E-state index in [1.165, 1.54) is 18.3 Å². The van der Waals surface area contributed by atoms with Crippen molar-refractivity contribution in [3.8, 4) is 0 Å². The van der Waals surface area contributed by atoms with Crippen molar-refractivity contribution >= 4 is 28.8 Å². The van der Waals surface area contributed by atoms with E-state index in [-0.39, 0.29) is 17.2 Å². The fourth-order valence-corrected chi connectivity index (χ4v) is 2.92. The SMILES string of the molecule is CC(=O)N(C)Cc1cccc(NC(=O)c2cnc(C(C)(C)C)s2)c1. The van der Waals surface area contributed by atoms with Gasteiger partial charge < -0.3 is 10.2 Å². The number of rotatable bonds is 4. The summed E-state index contributed by atoms with van der Waals surface area (Å²) in [4.78, 5) is 30.3. The van der Waals surface area contributed by atoms with Crippen molar-refractivity contribution in [1.82, 2.24) is 9.88 Å². The Bertz CT molecular complexity index is 747. The number of anilines is 1. The van der Waals surface area contributed by atoms with Crippen LogP contribution in [0.5, 0.6) is 0 Å². The lowest BCUT2D eigenvalue weighted by Crippen LogP contribution is -2.23. The van der Waals surface area contributed by atoms with Crippen molar-refractivity contribution in [2.24, 2.45) is 0 Å². The van der Waals surface area contributed by atoms with Gasteiger partial charge in [-0.1, -0.05) is 32.9 Å². The van der Waals surface area contributed by atoms with Crippen LogP contribution in [0.4, 0.5) is 5.69 Å². The van der Waals surface area contributed by atoms with Crippen LogP contribution in [0.1, 0.15) is 47.9 Å². The van der Waals surface area contributed by atoms with Crippen molar-refractivity contribution in [2.75, 3.05) is 12.4 Å². The Morgan fingerprint density at radius 1 is 1.29 bits per heavy atom. The van der Waals surface area contributed by atoms with Gasteiger partial charge in [0.1, 0.15) is 4.88 Å². The molecule has 0 aliphatic rings. The summed E-state index contributed by atoms with van der Waals surface area (Å²) in [6, 6.07) is 7.51. The number of thiazole rings is 1. The number of nitrogens with zero attached hydrogens (tertiary/aromatic N) is 2. The molecule has 0 spiro atoms. The normalized spacial score (nSPS) is 11.2. The first-order valence-corrected chi connectivity index (χ1v) is 8.57. The number of carbonyl (C=O) groups is 2. The number of hydrogen-bond donors (Lipinski definition) is 1. The molecular formula is C18H23N3O2S. The molecule has 24 heavy (non-hydrogen) atoms. The summed E-state index contributed by atoms with van der Waals surface area (Å²) in [7, 11) is 1.75. The molecule has 1 aromatic carbocycles. The van der Waals surface area contributed by atoms with Gasteiger partial charge in [-0.15, -0.1) is 11.3 Å². The first-order chi connectivity index (χ1) is 11.2. The van der Waals surface area contributed by atoms with Gasteiger partial charge in [-0.25, -0.2) is 4.98 Å². The number of benzene rings is 1. The predicted octanol–water partition coefficient (Wildman–Crippen LogP) is 3.67. The molecule has 2 rings (SSSR count). The molecule has 5 nitrogen and oxygen atoms in total. The lowest BCUT2D eigenvalue weighted by atomic mass is 9.98. The van der Waals surface area contributed by atoms with Crippen molar-refractivity contribution in [2.45, 2.75) is 39.7 Å². The van der Waals surface area contributed by atoms with Crippen LogP contribution in [0.25, 0.3) is 0 Å². The maximum Gasteiger partial charge on any atom is 0.267 e. The Morgan fingerprint density at radius 3 is 2.58 bits per heavy atom. The van der Waals surface area contributed by atoms with E-state index in [1.807, 2.05) is 24.3 Å². The third-order valence-electron chi connectivity index (χ3n) is 3.51. The lowest BCUT2D eigenvalue weighted by molar-refractivity contribution is -0.128. The summed E-state index contributed by atoms with van der Waals surface area (Å²) < 4.78 is 0. The highest BCUT2D eigenvalue weighted by Gasteiger charge is 2.20. The van der Waals surface area contributed by atoms with Gasteiger partial charge in [-0.05, 0) is 17.7 Å². The van der Waals surface area contributed by atoms with E-state index in [0.717, 1.165) is 10.6 Å². The minimum Gasteiger partial charge on any atom is -0.342 e. The number of carbonyl (C=O) groups excluding carboxylic acids is 2. The molecule has 1 heterocycles. The molecule has 128 valence electrons. The molecule has 6 heteroatoms. The van der Waals surface area contributed by atoms with Gasteiger partial charge in [0.25, 0.3) is 5.91 Å². The Balaban J connectivity index is 2.09. The Morgan fingerprint density at radius 2 is 2.00 bits per heavy atom. The van der Waals surface area contributed by atoms with Gasteiger partial charge in [0, 0.05) is 31.6 Å². The summed E-state index contributed by atoms with van der Waals surface area (Å²) in [5.41, 5.74) is 1.60. The average Bonchev–Trinajstić information content (AvgIpc) is 2.97. The molecular weight excluding hydrogens is 322 g/mol. The maximum absolute atomic E-state index is 12.4. The van der Waals surface area contributed by atoms with Gasteiger partial charge in [0.2, 0.25) is 5.91 Å². The van der Waals surface area contributed by atoms with E-state index < -0.39 is 0 Å². The van der Waals surface area contributed by atoms with E-state index in [9.17, 15) is 9.59 Å². The lowest BCUT2D eigenvalue weighted by Gasteiger charge is -2.15. The van der Waals surface area contributed by atoms with Crippen LogP contribution in [0, 0.1) is 0 Å². The highest BCUT2D eigenvalue weighted by molar-refractivity contribution is 7.13. The second-order valence-corrected chi connectivity index (χ2v) is 7.84. The van der Waals surface area contributed by atoms with Crippen LogP contribution in [0.15, 0.2) is 30.5 Å². The van der Waals surface area contributed by atoms with Gasteiger partial charge in [0.05, 0.1) is 11.2 Å². The van der Waals surface area contributed by atoms with E-state index in [4.69, 9.17) is 0 Å². The summed E-state index contributed by atoms with van der Waals surface area (Å²) in [5, 5.41) is 3.83. The Labute approximate surface area is 146 Å². The molecule has 1 aromatic heterocycles. The van der Waals surface area contributed by atoms with Gasteiger partial charge in [-0.3, -0.25) is 9.59 Å². The second kappa shape index (κ2) is 7.13. The minimum absolute atomic E-state index is 0.00353. The summed E-state index contributed by atoms with van der Waals surface area (Å²) in [6.45, 7) is 8.25. The molecule has 0 radical (unpaired) electrons. The maximum atomic E-state index is 12.4. The van der Waals surface area contributed by atoms with Crippen molar-refractivity contribution < 1.29 is 9.59 Å². The molecule has 2 aromatic rings. The third kappa shape index (κ3) is 4.64. The van der Waals surface area contributed by atoms with Gasteiger partial charge in [-0.2, -0.15) is 0 Å². The third-order valence-corrected chi connectivity index (χ3v) is 4.94. The van der Waals surface area contributed by atoms with Crippen LogP contribution in [-0.2, 0) is 16.8 Å². The first kappa shape index (κ1) is 18.1. The molecule has 0 saturated carbocycles. The minimum atomic E-state index is -0.167. The molecule has 0 bridgehead atoms. The summed E-state index contributed by atoms with van der Waals surface area (Å²) >= 11 is 1.41. The van der Waals surface area contributed by atoms with E-state index >= 15 is 0 Å². The molecule has 0 aliphatic carbocycles. The molecule has 0 fully saturated rings. The second-order valence-electron chi connectivity index (χ2n) is 6.81. The molecule has 2 amide bonds. The Hall–Kier alpha value is -2.21. The molecule has 1 N–H and O–H groups in total. The largest absolute Gasteiger partial charge is 0.342 e. The van der Waals surface area contributed by atoms with Crippen LogP contribution in [0.2, 0.25) is 0 Å². The quantitative estimate of drug-likeness (QED) is 0.919. The van der Waals surface area contributed by atoms with Crippen LogP contribution in [-0.4, -0.2) is 28.7 Å². The molecule has 0 unspecified atom stereocenters. The van der Waals surface area contributed by atoms with Crippen LogP contribution in [0.3, 0.4) is 0 Å². The number of aromatic nitrogens is 1. The zero-order valence-electron chi connectivity index (χ0n) is 14.7. The van der Waals surface area contributed by atoms with Crippen LogP contribution >= 0.6 is 11.3 Å². The molecule has 0 saturated heterocycles. The van der Waals surface area contributed by atoms with E-state index in [2.05, 4.69) is 31.1 Å². The van der Waals surface area contributed by atoms with Crippen molar-refractivity contribution in [1.29, 1.82) is 0 Å². The molecule has 0 aliphatic heterocycles. The number of hydrogen-bond acceptors (Lipinski definition) is 4. The van der Waals surface area contributed by atoms with Crippen molar-refractivity contribution in [3.05, 3.63) is 45.9 Å². The monoisotopic (exact) mass is 345 g/mol. The summed E-state index contributed by atoms with van der Waals surface area (Å²) in [6.07, 6.45) is 1.62. The van der Waals surface area contributed by atoms with E-state index in [1.54, 1.807) is 18.1 Å². The summed E-state index contributed by atoms with van der Waals surface area (Å²) in [5.74, 6) is -0.163. The smallest absolute Gasteiger partial charge is 0.267 e. The average molecular weight is 345 g/mol. The number of amides is 2. The highest BCUT2D eigenvalue weighted by atomic mass is 32.1. The van der Waals surface area contributed by atoms with Gasteiger partial charge in [0.15, 0.2) is 0 Å². The number of nitrogens with one attached hydrogen (secondary N) is 1. The fraction of sp³-hybridized carbons (Fsp3) is 0.389. The molecule has 0 atom stereocenters.